The molecule has 1 aliphatic carbocycles. The molecule has 2 N–H and O–H groups in total. The van der Waals surface area contributed by atoms with Crippen molar-refractivity contribution in [1.29, 1.82) is 5.26 Å². The zero-order chi connectivity index (χ0) is 27.3. The van der Waals surface area contributed by atoms with Gasteiger partial charge in [0.1, 0.15) is 5.75 Å². The molecule has 1 saturated heterocycles. The van der Waals surface area contributed by atoms with Crippen molar-refractivity contribution < 1.29 is 19.4 Å². The van der Waals surface area contributed by atoms with Gasteiger partial charge in [0.15, 0.2) is 11.5 Å². The van der Waals surface area contributed by atoms with Crippen LogP contribution in [0.25, 0.3) is 0 Å². The number of aromatic nitrogens is 2. The number of anilines is 1. The number of rotatable bonds is 7. The van der Waals surface area contributed by atoms with E-state index in [4.69, 9.17) is 21.4 Å². The van der Waals surface area contributed by atoms with Crippen LogP contribution in [0.3, 0.4) is 0 Å². The monoisotopic (exact) mass is 540 g/mol. The van der Waals surface area contributed by atoms with E-state index in [2.05, 4.69) is 21.6 Å². The zero-order valence-corrected chi connectivity index (χ0v) is 22.4. The molecule has 0 spiro atoms. The molecule has 1 aromatic carbocycles. The quantitative estimate of drug-likeness (QED) is 0.507. The molecule has 11 heteroatoms. The molecule has 2 heterocycles. The molecule has 4 rings (SSSR count). The summed E-state index contributed by atoms with van der Waals surface area (Å²) in [5.74, 6) is 1.49. The second kappa shape index (κ2) is 11.9. The average Bonchev–Trinajstić information content (AvgIpc) is 2.94. The van der Waals surface area contributed by atoms with E-state index in [0.717, 1.165) is 37.0 Å². The molecule has 0 radical (unpaired) electrons. The Hall–Kier alpha value is -3.58. The lowest BCUT2D eigenvalue weighted by molar-refractivity contribution is 0.0888. The minimum atomic E-state index is -0.918. The first-order valence-corrected chi connectivity index (χ1v) is 13.4. The molecule has 1 aromatic heterocycles. The normalized spacial score (nSPS) is 19.9. The number of nitrogens with one attached hydrogen (secondary N) is 1. The van der Waals surface area contributed by atoms with Crippen molar-refractivity contribution in [2.75, 3.05) is 37.0 Å². The molecular formula is C27H33ClN6O4. The Bertz CT molecular complexity index is 1180. The predicted molar refractivity (Wildman–Crippen MR) is 143 cm³/mol. The van der Waals surface area contributed by atoms with Gasteiger partial charge in [-0.3, -0.25) is 4.79 Å². The number of carboxylic acid groups (broad SMARTS) is 1. The maximum atomic E-state index is 12.7. The Kier molecular flexibility index (Phi) is 8.57. The summed E-state index contributed by atoms with van der Waals surface area (Å²) < 4.78 is 6.24. The second-order valence-corrected chi connectivity index (χ2v) is 10.7. The van der Waals surface area contributed by atoms with Crippen molar-refractivity contribution in [3.63, 3.8) is 0 Å². The van der Waals surface area contributed by atoms with Gasteiger partial charge in [0.2, 0.25) is 0 Å². The number of carbonyl (C=O) groups excluding carboxylic acids is 1. The fourth-order valence-electron chi connectivity index (χ4n) is 4.84. The molecule has 2 aromatic rings. The molecular weight excluding hydrogens is 508 g/mol. The van der Waals surface area contributed by atoms with Gasteiger partial charge in [0.05, 0.1) is 17.7 Å². The van der Waals surface area contributed by atoms with E-state index in [1.54, 1.807) is 18.2 Å². The van der Waals surface area contributed by atoms with Crippen LogP contribution < -0.4 is 15.0 Å². The van der Waals surface area contributed by atoms with E-state index in [9.17, 15) is 14.9 Å². The molecule has 0 unspecified atom stereocenters. The third kappa shape index (κ3) is 6.45. The number of amides is 2. The summed E-state index contributed by atoms with van der Waals surface area (Å²) in [6.45, 7) is 5.90. The first-order valence-electron chi connectivity index (χ1n) is 12.8. The van der Waals surface area contributed by atoms with Crippen LogP contribution in [0.4, 0.5) is 10.6 Å². The largest absolute Gasteiger partial charge is 0.490 e. The number of nitriles is 1. The summed E-state index contributed by atoms with van der Waals surface area (Å²) in [5.41, 5.74) is 1.39. The fraction of sp³-hybridized carbons (Fsp3) is 0.519. The van der Waals surface area contributed by atoms with Gasteiger partial charge < -0.3 is 25.0 Å². The van der Waals surface area contributed by atoms with Crippen molar-refractivity contribution in [2.45, 2.75) is 57.1 Å². The van der Waals surface area contributed by atoms with Crippen molar-refractivity contribution >= 4 is 29.4 Å². The highest BCUT2D eigenvalue weighted by atomic mass is 35.5. The first-order chi connectivity index (χ1) is 18.2. The molecule has 2 amide bonds. The van der Waals surface area contributed by atoms with E-state index < -0.39 is 6.09 Å². The summed E-state index contributed by atoms with van der Waals surface area (Å²) in [7, 11) is 0. The van der Waals surface area contributed by atoms with Gasteiger partial charge in [-0.25, -0.2) is 4.79 Å². The third-order valence-corrected chi connectivity index (χ3v) is 7.91. The highest BCUT2D eigenvalue weighted by molar-refractivity contribution is 6.18. The standard InChI is InChI=1S/C27H33ClN6O4/c1-27(2,17-28)22-15-21(6-3-18(22)16-29)38-20-7-4-19(5-8-20)30-25(35)23-9-10-24(32-31-23)33-11-13-34(14-12-33)26(36)37/h3,6,9-10,15,19-20H,4-5,7-8,11-14,17H2,1-2H3,(H,30,35)(H,36,37). The number of halogens is 1. The molecule has 0 atom stereocenters. The molecule has 10 nitrogen and oxygen atoms in total. The van der Waals surface area contributed by atoms with E-state index >= 15 is 0 Å². The summed E-state index contributed by atoms with van der Waals surface area (Å²) in [6.07, 6.45) is 2.28. The van der Waals surface area contributed by atoms with Crippen molar-refractivity contribution in [2.24, 2.45) is 0 Å². The van der Waals surface area contributed by atoms with Crippen LogP contribution in [0, 0.1) is 11.3 Å². The Balaban J connectivity index is 1.27. The van der Waals surface area contributed by atoms with Crippen LogP contribution in [0.2, 0.25) is 0 Å². The second-order valence-electron chi connectivity index (χ2n) is 10.4. The predicted octanol–water partition coefficient (Wildman–Crippen LogP) is 3.78. The van der Waals surface area contributed by atoms with E-state index in [1.807, 2.05) is 30.9 Å². The van der Waals surface area contributed by atoms with Crippen molar-refractivity contribution in [3.8, 4) is 11.8 Å². The molecule has 2 fully saturated rings. The van der Waals surface area contributed by atoms with Crippen molar-refractivity contribution in [1.82, 2.24) is 20.4 Å². The number of hydrogen-bond acceptors (Lipinski definition) is 7. The molecule has 202 valence electrons. The molecule has 0 bridgehead atoms. The number of hydrogen-bond donors (Lipinski definition) is 2. The SMILES string of the molecule is CC(C)(CCl)c1cc(OC2CCC(NC(=O)c3ccc(N4CCN(C(=O)O)CC4)nn3)CC2)ccc1C#N. The topological polar surface area (TPSA) is 132 Å². The molecule has 1 saturated carbocycles. The molecule has 1 aliphatic heterocycles. The minimum absolute atomic E-state index is 0.0274. The first kappa shape index (κ1) is 27.5. The van der Waals surface area contributed by atoms with Gasteiger partial charge in [0, 0.05) is 43.5 Å². The van der Waals surface area contributed by atoms with Crippen LogP contribution in [0.15, 0.2) is 30.3 Å². The van der Waals surface area contributed by atoms with Gasteiger partial charge in [0.25, 0.3) is 5.91 Å². The van der Waals surface area contributed by atoms with Crippen LogP contribution in [0.1, 0.15) is 61.1 Å². The highest BCUT2D eigenvalue weighted by Crippen LogP contribution is 2.32. The van der Waals surface area contributed by atoms with E-state index in [-0.39, 0.29) is 29.2 Å². The summed E-state index contributed by atoms with van der Waals surface area (Å²) in [6, 6.07) is 11.2. The van der Waals surface area contributed by atoms with Gasteiger partial charge in [-0.2, -0.15) is 5.26 Å². The lowest BCUT2D eigenvalue weighted by atomic mass is 9.83. The Morgan fingerprint density at radius 1 is 1.13 bits per heavy atom. The summed E-state index contributed by atoms with van der Waals surface area (Å²) in [5, 5.41) is 29.9. The zero-order valence-electron chi connectivity index (χ0n) is 21.7. The minimum Gasteiger partial charge on any atom is -0.490 e. The highest BCUT2D eigenvalue weighted by Gasteiger charge is 2.27. The number of ether oxygens (including phenoxy) is 1. The number of benzene rings is 1. The van der Waals surface area contributed by atoms with Gasteiger partial charge in [-0.15, -0.1) is 21.8 Å². The lowest BCUT2D eigenvalue weighted by Gasteiger charge is -2.33. The lowest BCUT2D eigenvalue weighted by Crippen LogP contribution is -2.48. The third-order valence-electron chi connectivity index (χ3n) is 7.24. The number of carbonyl (C=O) groups is 2. The van der Waals surface area contributed by atoms with Gasteiger partial charge >= 0.3 is 6.09 Å². The van der Waals surface area contributed by atoms with Crippen molar-refractivity contribution in [3.05, 3.63) is 47.2 Å². The van der Waals surface area contributed by atoms with Crippen LogP contribution in [0.5, 0.6) is 5.75 Å². The summed E-state index contributed by atoms with van der Waals surface area (Å²) >= 11 is 6.15. The Labute approximate surface area is 227 Å². The Morgan fingerprint density at radius 2 is 1.84 bits per heavy atom. The van der Waals surface area contributed by atoms with Crippen LogP contribution >= 0.6 is 11.6 Å². The number of nitrogens with zero attached hydrogens (tertiary/aromatic N) is 5. The van der Waals surface area contributed by atoms with E-state index in [1.165, 1.54) is 4.90 Å². The number of piperazine rings is 1. The maximum absolute atomic E-state index is 12.7. The van der Waals surface area contributed by atoms with Gasteiger partial charge in [-0.05, 0) is 61.6 Å². The average molecular weight is 541 g/mol. The number of alkyl halides is 1. The molecule has 38 heavy (non-hydrogen) atoms. The van der Waals surface area contributed by atoms with E-state index in [0.29, 0.717) is 43.4 Å². The molecule has 2 aliphatic rings. The smallest absolute Gasteiger partial charge is 0.407 e. The van der Waals surface area contributed by atoms with Gasteiger partial charge in [-0.1, -0.05) is 13.8 Å². The Morgan fingerprint density at radius 3 is 2.42 bits per heavy atom. The van der Waals surface area contributed by atoms with Crippen LogP contribution in [-0.2, 0) is 5.41 Å². The van der Waals surface area contributed by atoms with Crippen LogP contribution in [-0.4, -0.2) is 76.4 Å². The summed E-state index contributed by atoms with van der Waals surface area (Å²) in [4.78, 5) is 27.1. The fourth-order valence-corrected chi connectivity index (χ4v) is 4.99. The maximum Gasteiger partial charge on any atom is 0.407 e.